The second-order valence-electron chi connectivity index (χ2n) is 3.47. The predicted molar refractivity (Wildman–Crippen MR) is 52.4 cm³/mol. The summed E-state index contributed by atoms with van der Waals surface area (Å²) < 4.78 is 9.39. The third-order valence-electron chi connectivity index (χ3n) is 2.33. The standard InChI is InChI=1S/C11H12O4/c12-9(10-7-14-11(13)15-10)6-8-4-2-1-3-5-8/h1-5,9-10,12H,6-7H2/t9-,10-/m1/s1. The van der Waals surface area contributed by atoms with Crippen molar-refractivity contribution in [3.05, 3.63) is 35.9 Å². The summed E-state index contributed by atoms with van der Waals surface area (Å²) in [5, 5.41) is 9.76. The topological polar surface area (TPSA) is 55.8 Å². The fourth-order valence-electron chi connectivity index (χ4n) is 1.52. The molecule has 1 aromatic rings. The summed E-state index contributed by atoms with van der Waals surface area (Å²) in [5.41, 5.74) is 1.01. The van der Waals surface area contributed by atoms with Crippen LogP contribution < -0.4 is 0 Å². The van der Waals surface area contributed by atoms with Gasteiger partial charge in [0.1, 0.15) is 6.61 Å². The summed E-state index contributed by atoms with van der Waals surface area (Å²) in [7, 11) is 0. The zero-order valence-electron chi connectivity index (χ0n) is 8.13. The Morgan fingerprint density at radius 3 is 2.73 bits per heavy atom. The summed E-state index contributed by atoms with van der Waals surface area (Å²) in [6.07, 6.45) is -1.49. The van der Waals surface area contributed by atoms with E-state index in [2.05, 4.69) is 4.74 Å². The minimum atomic E-state index is -0.709. The van der Waals surface area contributed by atoms with E-state index in [1.54, 1.807) is 0 Å². The SMILES string of the molecule is O=C1OC[C@H]([C@H](O)Cc2ccccc2)O1. The second kappa shape index (κ2) is 4.31. The van der Waals surface area contributed by atoms with Crippen LogP contribution in [0.5, 0.6) is 0 Å². The summed E-state index contributed by atoms with van der Waals surface area (Å²) in [6.45, 7) is 0.132. The van der Waals surface area contributed by atoms with E-state index in [4.69, 9.17) is 4.74 Å². The first-order chi connectivity index (χ1) is 7.25. The molecule has 1 heterocycles. The van der Waals surface area contributed by atoms with Crippen molar-refractivity contribution in [1.82, 2.24) is 0 Å². The van der Waals surface area contributed by atoms with Crippen molar-refractivity contribution in [3.63, 3.8) is 0 Å². The average molecular weight is 208 g/mol. The van der Waals surface area contributed by atoms with Crippen LogP contribution >= 0.6 is 0 Å². The van der Waals surface area contributed by atoms with Gasteiger partial charge in [0.15, 0.2) is 6.10 Å². The Kier molecular flexibility index (Phi) is 2.87. The lowest BCUT2D eigenvalue weighted by atomic mass is 10.0. The molecule has 0 aliphatic carbocycles. The number of benzene rings is 1. The summed E-state index contributed by atoms with van der Waals surface area (Å²) in [5.74, 6) is 0. The lowest BCUT2D eigenvalue weighted by molar-refractivity contribution is 0.0331. The van der Waals surface area contributed by atoms with E-state index in [1.165, 1.54) is 0 Å². The number of hydrogen-bond donors (Lipinski definition) is 1. The zero-order chi connectivity index (χ0) is 10.7. The first-order valence-corrected chi connectivity index (χ1v) is 4.81. The fraction of sp³-hybridized carbons (Fsp3) is 0.364. The molecule has 0 amide bonds. The maximum atomic E-state index is 10.7. The van der Waals surface area contributed by atoms with Crippen LogP contribution in [-0.2, 0) is 15.9 Å². The molecule has 2 atom stereocenters. The van der Waals surface area contributed by atoms with Gasteiger partial charge in [0.05, 0.1) is 6.10 Å². The molecule has 1 aliphatic rings. The van der Waals surface area contributed by atoms with Gasteiger partial charge in [-0.25, -0.2) is 4.79 Å². The van der Waals surface area contributed by atoms with Gasteiger partial charge in [-0.2, -0.15) is 0 Å². The lowest BCUT2D eigenvalue weighted by Gasteiger charge is -2.14. The van der Waals surface area contributed by atoms with Crippen LogP contribution in [0.25, 0.3) is 0 Å². The molecular weight excluding hydrogens is 196 g/mol. The first kappa shape index (κ1) is 9.98. The van der Waals surface area contributed by atoms with Crippen molar-refractivity contribution in [3.8, 4) is 0 Å². The highest BCUT2D eigenvalue weighted by atomic mass is 16.8. The smallest absolute Gasteiger partial charge is 0.430 e. The molecule has 0 spiro atoms. The minimum absolute atomic E-state index is 0.132. The quantitative estimate of drug-likeness (QED) is 0.756. The van der Waals surface area contributed by atoms with E-state index in [-0.39, 0.29) is 6.61 Å². The Morgan fingerprint density at radius 1 is 1.40 bits per heavy atom. The van der Waals surface area contributed by atoms with Gasteiger partial charge in [-0.15, -0.1) is 0 Å². The monoisotopic (exact) mass is 208 g/mol. The Labute approximate surface area is 87.4 Å². The third-order valence-corrected chi connectivity index (χ3v) is 2.33. The molecule has 80 valence electrons. The van der Waals surface area contributed by atoms with Gasteiger partial charge < -0.3 is 14.6 Å². The number of carbonyl (C=O) groups is 1. The van der Waals surface area contributed by atoms with Crippen LogP contribution in [0.1, 0.15) is 5.56 Å². The van der Waals surface area contributed by atoms with Crippen LogP contribution in [0.2, 0.25) is 0 Å². The number of carbonyl (C=O) groups excluding carboxylic acids is 1. The molecule has 4 nitrogen and oxygen atoms in total. The van der Waals surface area contributed by atoms with E-state index in [1.807, 2.05) is 30.3 Å². The Hall–Kier alpha value is -1.55. The highest BCUT2D eigenvalue weighted by Gasteiger charge is 2.31. The van der Waals surface area contributed by atoms with E-state index < -0.39 is 18.4 Å². The van der Waals surface area contributed by atoms with Crippen LogP contribution in [0.3, 0.4) is 0 Å². The molecular formula is C11H12O4. The number of aliphatic hydroxyl groups excluding tert-OH is 1. The lowest BCUT2D eigenvalue weighted by Crippen LogP contribution is -2.30. The van der Waals surface area contributed by atoms with Gasteiger partial charge >= 0.3 is 6.16 Å². The highest BCUT2D eigenvalue weighted by molar-refractivity contribution is 5.61. The molecule has 1 N–H and O–H groups in total. The largest absolute Gasteiger partial charge is 0.508 e. The van der Waals surface area contributed by atoms with Gasteiger partial charge in [0.2, 0.25) is 0 Å². The van der Waals surface area contributed by atoms with Gasteiger partial charge in [0, 0.05) is 6.42 Å². The summed E-state index contributed by atoms with van der Waals surface area (Å²) in [4.78, 5) is 10.7. The Bertz CT molecular complexity index is 336. The van der Waals surface area contributed by atoms with E-state index >= 15 is 0 Å². The maximum absolute atomic E-state index is 10.7. The maximum Gasteiger partial charge on any atom is 0.508 e. The van der Waals surface area contributed by atoms with Crippen LogP contribution in [-0.4, -0.2) is 30.1 Å². The van der Waals surface area contributed by atoms with E-state index in [0.717, 1.165) is 5.56 Å². The molecule has 0 radical (unpaired) electrons. The Balaban J connectivity index is 1.92. The van der Waals surface area contributed by atoms with Crippen molar-refractivity contribution < 1.29 is 19.4 Å². The molecule has 0 unspecified atom stereocenters. The number of rotatable bonds is 3. The molecule has 0 saturated carbocycles. The molecule has 0 aromatic heterocycles. The highest BCUT2D eigenvalue weighted by Crippen LogP contribution is 2.14. The van der Waals surface area contributed by atoms with Gasteiger partial charge in [-0.3, -0.25) is 0 Å². The molecule has 15 heavy (non-hydrogen) atoms. The van der Waals surface area contributed by atoms with Gasteiger partial charge in [-0.05, 0) is 5.56 Å². The van der Waals surface area contributed by atoms with E-state index in [0.29, 0.717) is 6.42 Å². The molecule has 1 saturated heterocycles. The molecule has 1 fully saturated rings. The van der Waals surface area contributed by atoms with Crippen molar-refractivity contribution in [2.24, 2.45) is 0 Å². The minimum Gasteiger partial charge on any atom is -0.430 e. The zero-order valence-corrected chi connectivity index (χ0v) is 8.13. The molecule has 1 aliphatic heterocycles. The molecule has 1 aromatic carbocycles. The van der Waals surface area contributed by atoms with Crippen molar-refractivity contribution in [2.45, 2.75) is 18.6 Å². The number of hydrogen-bond acceptors (Lipinski definition) is 4. The fourth-order valence-corrected chi connectivity index (χ4v) is 1.52. The summed E-state index contributed by atoms with van der Waals surface area (Å²) in [6, 6.07) is 9.55. The third kappa shape index (κ3) is 2.47. The number of ether oxygens (including phenoxy) is 2. The predicted octanol–water partition coefficient (Wildman–Crippen LogP) is 1.13. The summed E-state index contributed by atoms with van der Waals surface area (Å²) >= 11 is 0. The van der Waals surface area contributed by atoms with Crippen LogP contribution in [0.4, 0.5) is 4.79 Å². The second-order valence-corrected chi connectivity index (χ2v) is 3.47. The molecule has 0 bridgehead atoms. The van der Waals surface area contributed by atoms with Gasteiger partial charge in [-0.1, -0.05) is 30.3 Å². The molecule has 2 rings (SSSR count). The molecule has 4 heteroatoms. The van der Waals surface area contributed by atoms with Gasteiger partial charge in [0.25, 0.3) is 0 Å². The number of aliphatic hydroxyl groups is 1. The van der Waals surface area contributed by atoms with Crippen molar-refractivity contribution in [1.29, 1.82) is 0 Å². The Morgan fingerprint density at radius 2 is 2.13 bits per heavy atom. The van der Waals surface area contributed by atoms with Crippen LogP contribution in [0.15, 0.2) is 30.3 Å². The van der Waals surface area contributed by atoms with Crippen molar-refractivity contribution >= 4 is 6.16 Å². The van der Waals surface area contributed by atoms with Crippen molar-refractivity contribution in [2.75, 3.05) is 6.61 Å². The van der Waals surface area contributed by atoms with Crippen LogP contribution in [0, 0.1) is 0 Å². The number of cyclic esters (lactones) is 2. The first-order valence-electron chi connectivity index (χ1n) is 4.81. The normalized spacial score (nSPS) is 21.9. The van der Waals surface area contributed by atoms with E-state index in [9.17, 15) is 9.90 Å². The average Bonchev–Trinajstić information content (AvgIpc) is 2.66.